The predicted molar refractivity (Wildman–Crippen MR) is 166 cm³/mol. The van der Waals surface area contributed by atoms with Gasteiger partial charge in [0, 0.05) is 12.1 Å². The number of hydrogen-bond acceptors (Lipinski definition) is 7. The molecule has 210 valence electrons. The maximum absolute atomic E-state index is 13.4. The molecule has 0 amide bonds. The van der Waals surface area contributed by atoms with Crippen LogP contribution >= 0.6 is 23.2 Å². The van der Waals surface area contributed by atoms with Crippen LogP contribution in [0.4, 0.5) is 11.4 Å². The molecular formula is C31H24Cl2N6O3. The van der Waals surface area contributed by atoms with E-state index in [-0.39, 0.29) is 11.3 Å². The van der Waals surface area contributed by atoms with Crippen molar-refractivity contribution in [2.45, 2.75) is 6.42 Å². The highest BCUT2D eigenvalue weighted by Crippen LogP contribution is 2.34. The maximum Gasteiger partial charge on any atom is 0.283 e. The number of fused-ring (bicyclic) bond motifs is 2. The molecule has 0 aliphatic rings. The highest BCUT2D eigenvalue weighted by Gasteiger charge is 2.18. The van der Waals surface area contributed by atoms with Crippen LogP contribution in [0.1, 0.15) is 17.0 Å². The van der Waals surface area contributed by atoms with Gasteiger partial charge in [0.1, 0.15) is 0 Å². The third-order valence-electron chi connectivity index (χ3n) is 6.70. The van der Waals surface area contributed by atoms with Gasteiger partial charge >= 0.3 is 0 Å². The lowest BCUT2D eigenvalue weighted by Crippen LogP contribution is -2.16. The van der Waals surface area contributed by atoms with Gasteiger partial charge in [0.15, 0.2) is 17.3 Å². The number of nitrogens with zero attached hydrogens (tertiary/aromatic N) is 5. The Labute approximate surface area is 250 Å². The number of para-hydroxylation sites is 3. The Hall–Kier alpha value is -4.86. The largest absolute Gasteiger partial charge is 0.493 e. The minimum Gasteiger partial charge on any atom is -0.493 e. The zero-order valence-electron chi connectivity index (χ0n) is 22.6. The quantitative estimate of drug-likeness (QED) is 0.199. The summed E-state index contributed by atoms with van der Waals surface area (Å²) in [4.78, 5) is 18.2. The van der Waals surface area contributed by atoms with Gasteiger partial charge in [-0.05, 0) is 59.7 Å². The van der Waals surface area contributed by atoms with E-state index in [1.807, 2.05) is 42.5 Å². The SMILES string of the molecule is COc1ccc(/C=N/n2c(Cc3ccccc3Nc3c(Cl)cccc3Cl)nn3c(=O)c4ccccc4nc23)cc1OC. The highest BCUT2D eigenvalue weighted by molar-refractivity contribution is 6.39. The second-order valence-electron chi connectivity index (χ2n) is 9.29. The molecule has 0 spiro atoms. The zero-order chi connectivity index (χ0) is 29.2. The topological polar surface area (TPSA) is 95.0 Å². The molecule has 0 aliphatic carbocycles. The van der Waals surface area contributed by atoms with Crippen LogP contribution in [0.2, 0.25) is 10.0 Å². The normalized spacial score (nSPS) is 11.4. The number of ether oxygens (including phenoxy) is 2. The van der Waals surface area contributed by atoms with Crippen LogP contribution in [0, 0.1) is 0 Å². The Morgan fingerprint density at radius 1 is 0.905 bits per heavy atom. The Bertz CT molecular complexity index is 2020. The van der Waals surface area contributed by atoms with E-state index in [4.69, 9.17) is 42.8 Å². The fourth-order valence-electron chi connectivity index (χ4n) is 4.62. The first-order chi connectivity index (χ1) is 20.5. The van der Waals surface area contributed by atoms with E-state index in [1.165, 1.54) is 4.52 Å². The van der Waals surface area contributed by atoms with Gasteiger partial charge in [0.25, 0.3) is 11.3 Å². The first-order valence-corrected chi connectivity index (χ1v) is 13.7. The Balaban J connectivity index is 1.48. The van der Waals surface area contributed by atoms with E-state index in [0.717, 1.165) is 16.8 Å². The van der Waals surface area contributed by atoms with Gasteiger partial charge in [-0.3, -0.25) is 4.79 Å². The zero-order valence-corrected chi connectivity index (χ0v) is 24.1. The number of halogens is 2. The molecular weight excluding hydrogens is 575 g/mol. The molecule has 0 fully saturated rings. The summed E-state index contributed by atoms with van der Waals surface area (Å²) in [6.45, 7) is 0. The third-order valence-corrected chi connectivity index (χ3v) is 7.33. The standard InChI is InChI=1S/C31H24Cl2N6O3/c1-41-26-15-14-19(16-27(26)42-2)18-34-38-28(37-39-30(40)21-9-4-6-13-25(21)36-31(38)39)17-20-8-3-5-12-24(20)35-29-22(32)10-7-11-23(29)33/h3-16,18,35H,17H2,1-2H3/b34-18+. The summed E-state index contributed by atoms with van der Waals surface area (Å²) in [5.74, 6) is 1.94. The summed E-state index contributed by atoms with van der Waals surface area (Å²) >= 11 is 12.9. The van der Waals surface area contributed by atoms with Gasteiger partial charge in [0.05, 0.1) is 47.1 Å². The molecule has 0 saturated carbocycles. The van der Waals surface area contributed by atoms with Crippen LogP contribution in [0.5, 0.6) is 11.5 Å². The molecule has 0 atom stereocenters. The number of hydrogen-bond donors (Lipinski definition) is 1. The molecule has 4 aromatic carbocycles. The number of rotatable bonds is 8. The molecule has 0 unspecified atom stereocenters. The van der Waals surface area contributed by atoms with Gasteiger partial charge in [-0.1, -0.05) is 59.6 Å². The van der Waals surface area contributed by atoms with Crippen molar-refractivity contribution in [2.24, 2.45) is 5.10 Å². The maximum atomic E-state index is 13.4. The van der Waals surface area contributed by atoms with Crippen LogP contribution in [0.25, 0.3) is 16.7 Å². The van der Waals surface area contributed by atoms with Crippen molar-refractivity contribution in [3.05, 3.63) is 122 Å². The van der Waals surface area contributed by atoms with E-state index in [1.54, 1.807) is 67.6 Å². The Kier molecular flexibility index (Phi) is 7.52. The predicted octanol–water partition coefficient (Wildman–Crippen LogP) is 6.58. The molecule has 0 bridgehead atoms. The Morgan fingerprint density at radius 3 is 2.43 bits per heavy atom. The summed E-state index contributed by atoms with van der Waals surface area (Å²) in [5, 5.41) is 14.2. The fraction of sp³-hybridized carbons (Fsp3) is 0.0968. The van der Waals surface area contributed by atoms with E-state index in [9.17, 15) is 4.79 Å². The molecule has 11 heteroatoms. The highest BCUT2D eigenvalue weighted by atomic mass is 35.5. The van der Waals surface area contributed by atoms with Crippen LogP contribution in [0.15, 0.2) is 94.8 Å². The second-order valence-corrected chi connectivity index (χ2v) is 10.1. The average Bonchev–Trinajstić information content (AvgIpc) is 3.35. The molecule has 42 heavy (non-hydrogen) atoms. The van der Waals surface area contributed by atoms with Crippen molar-refractivity contribution in [3.63, 3.8) is 0 Å². The van der Waals surface area contributed by atoms with Crippen LogP contribution < -0.4 is 20.3 Å². The molecule has 6 rings (SSSR count). The molecule has 0 saturated heterocycles. The van der Waals surface area contributed by atoms with Crippen LogP contribution in [-0.4, -0.2) is 39.7 Å². The monoisotopic (exact) mass is 598 g/mol. The fourth-order valence-corrected chi connectivity index (χ4v) is 5.11. The minimum atomic E-state index is -0.286. The number of methoxy groups -OCH3 is 2. The summed E-state index contributed by atoms with van der Waals surface area (Å²) in [5.41, 5.74) is 3.27. The van der Waals surface area contributed by atoms with Gasteiger partial charge in [0.2, 0.25) is 0 Å². The third kappa shape index (κ3) is 5.15. The van der Waals surface area contributed by atoms with Crippen molar-refractivity contribution in [2.75, 3.05) is 19.5 Å². The summed E-state index contributed by atoms with van der Waals surface area (Å²) in [7, 11) is 3.15. The number of nitrogens with one attached hydrogen (secondary N) is 1. The minimum absolute atomic E-state index is 0.282. The van der Waals surface area contributed by atoms with Crippen molar-refractivity contribution in [1.82, 2.24) is 19.3 Å². The smallest absolute Gasteiger partial charge is 0.283 e. The summed E-state index contributed by atoms with van der Waals surface area (Å²) in [6, 6.07) is 25.7. The Morgan fingerprint density at radius 2 is 1.64 bits per heavy atom. The van der Waals surface area contributed by atoms with Crippen molar-refractivity contribution in [1.29, 1.82) is 0 Å². The lowest BCUT2D eigenvalue weighted by molar-refractivity contribution is 0.355. The first-order valence-electron chi connectivity index (χ1n) is 12.9. The first kappa shape index (κ1) is 27.3. The van der Waals surface area contributed by atoms with Crippen molar-refractivity contribution < 1.29 is 9.47 Å². The molecule has 1 N–H and O–H groups in total. The molecule has 2 heterocycles. The molecule has 6 aromatic rings. The van der Waals surface area contributed by atoms with Gasteiger partial charge in [-0.25, -0.2) is 4.98 Å². The molecule has 2 aromatic heterocycles. The summed E-state index contributed by atoms with van der Waals surface area (Å²) < 4.78 is 13.6. The lowest BCUT2D eigenvalue weighted by atomic mass is 10.1. The van der Waals surface area contributed by atoms with Gasteiger partial charge in [-0.2, -0.15) is 14.3 Å². The number of anilines is 2. The van der Waals surface area contributed by atoms with Crippen molar-refractivity contribution >= 4 is 57.5 Å². The van der Waals surface area contributed by atoms with Crippen LogP contribution in [-0.2, 0) is 6.42 Å². The van der Waals surface area contributed by atoms with Crippen LogP contribution in [0.3, 0.4) is 0 Å². The average molecular weight is 599 g/mol. The molecule has 9 nitrogen and oxygen atoms in total. The van der Waals surface area contributed by atoms with E-state index < -0.39 is 0 Å². The molecule has 0 aliphatic heterocycles. The lowest BCUT2D eigenvalue weighted by Gasteiger charge is -2.14. The number of benzene rings is 4. The van der Waals surface area contributed by atoms with Gasteiger partial charge in [-0.15, -0.1) is 5.10 Å². The second kappa shape index (κ2) is 11.6. The summed E-state index contributed by atoms with van der Waals surface area (Å²) in [6.07, 6.45) is 1.97. The van der Waals surface area contributed by atoms with Crippen molar-refractivity contribution in [3.8, 4) is 11.5 Å². The van der Waals surface area contributed by atoms with Gasteiger partial charge < -0.3 is 14.8 Å². The number of aromatic nitrogens is 4. The van der Waals surface area contributed by atoms with E-state index >= 15 is 0 Å². The van der Waals surface area contributed by atoms with E-state index in [0.29, 0.717) is 50.4 Å². The molecule has 0 radical (unpaired) electrons. The van der Waals surface area contributed by atoms with E-state index in [2.05, 4.69) is 10.4 Å².